The van der Waals surface area contributed by atoms with E-state index in [1.807, 2.05) is 14.1 Å². The van der Waals surface area contributed by atoms with Crippen molar-refractivity contribution in [2.24, 2.45) is 0 Å². The normalized spacial score (nSPS) is 12.8. The molecule has 1 amide bonds. The lowest BCUT2D eigenvalue weighted by molar-refractivity contribution is 0.0941. The smallest absolute Gasteiger partial charge is 0.251 e. The van der Waals surface area contributed by atoms with Crippen molar-refractivity contribution in [3.05, 3.63) is 64.7 Å². The predicted molar refractivity (Wildman–Crippen MR) is 109 cm³/mol. The minimum absolute atomic E-state index is 0.0262. The van der Waals surface area contributed by atoms with Gasteiger partial charge in [0.15, 0.2) is 9.84 Å². The van der Waals surface area contributed by atoms with Gasteiger partial charge in [0.05, 0.1) is 10.9 Å². The van der Waals surface area contributed by atoms with Gasteiger partial charge in [0.1, 0.15) is 0 Å². The van der Waals surface area contributed by atoms with Gasteiger partial charge in [-0.15, -0.1) is 0 Å². The largest absolute Gasteiger partial charge is 0.350 e. The van der Waals surface area contributed by atoms with E-state index in [4.69, 9.17) is 0 Å². The molecule has 2 aromatic carbocycles. The van der Waals surface area contributed by atoms with Crippen molar-refractivity contribution in [2.75, 3.05) is 26.9 Å². The Hall–Kier alpha value is -2.18. The van der Waals surface area contributed by atoms with Crippen molar-refractivity contribution < 1.29 is 13.2 Å². The van der Waals surface area contributed by atoms with E-state index < -0.39 is 9.84 Å². The van der Waals surface area contributed by atoms with Crippen molar-refractivity contribution in [1.82, 2.24) is 10.2 Å². The van der Waals surface area contributed by atoms with Gasteiger partial charge >= 0.3 is 0 Å². The maximum Gasteiger partial charge on any atom is 0.251 e. The number of sulfone groups is 1. The van der Waals surface area contributed by atoms with Crippen LogP contribution in [0, 0.1) is 6.92 Å². The van der Waals surface area contributed by atoms with Gasteiger partial charge in [0.25, 0.3) is 5.91 Å². The molecular weight excluding hydrogens is 360 g/mol. The summed E-state index contributed by atoms with van der Waals surface area (Å²) in [6.45, 7) is 4.35. The third-order valence-electron chi connectivity index (χ3n) is 4.73. The fourth-order valence-electron chi connectivity index (χ4n) is 2.94. The van der Waals surface area contributed by atoms with E-state index in [-0.39, 0.29) is 16.8 Å². The van der Waals surface area contributed by atoms with E-state index in [1.165, 1.54) is 17.7 Å². The second-order valence-electron chi connectivity index (χ2n) is 7.03. The van der Waals surface area contributed by atoms with E-state index in [0.29, 0.717) is 12.1 Å². The maximum atomic E-state index is 12.7. The molecule has 2 aromatic rings. The first-order valence-corrected chi connectivity index (χ1v) is 10.9. The molecule has 2 rings (SSSR count). The molecule has 0 saturated carbocycles. The van der Waals surface area contributed by atoms with E-state index in [9.17, 15) is 13.2 Å². The molecule has 0 radical (unpaired) electrons. The number of carbonyl (C=O) groups excluding carboxylic acids is 1. The lowest BCUT2D eigenvalue weighted by Gasteiger charge is -2.25. The highest BCUT2D eigenvalue weighted by Gasteiger charge is 2.18. The number of aryl methyl sites for hydroxylation is 2. The molecule has 146 valence electrons. The van der Waals surface area contributed by atoms with Crippen molar-refractivity contribution in [2.45, 2.75) is 31.2 Å². The molecule has 0 aliphatic carbocycles. The van der Waals surface area contributed by atoms with Crippen LogP contribution in [0.1, 0.15) is 40.0 Å². The van der Waals surface area contributed by atoms with Gasteiger partial charge in [-0.1, -0.05) is 37.3 Å². The fourth-order valence-corrected chi connectivity index (χ4v) is 3.58. The number of hydrogen-bond donors (Lipinski definition) is 1. The van der Waals surface area contributed by atoms with Crippen LogP contribution in [0.5, 0.6) is 0 Å². The SMILES string of the molecule is CCc1ccc(C(CNC(=O)c2cc(S(C)(=O)=O)ccc2C)N(C)C)cc1. The highest BCUT2D eigenvalue weighted by atomic mass is 32.2. The van der Waals surface area contributed by atoms with Crippen LogP contribution in [0.2, 0.25) is 0 Å². The lowest BCUT2D eigenvalue weighted by atomic mass is 10.0. The van der Waals surface area contributed by atoms with Gasteiger partial charge in [-0.3, -0.25) is 4.79 Å². The molecule has 1 unspecified atom stereocenters. The number of rotatable bonds is 7. The van der Waals surface area contributed by atoms with E-state index in [0.717, 1.165) is 23.8 Å². The molecule has 5 nitrogen and oxygen atoms in total. The van der Waals surface area contributed by atoms with Gasteiger partial charge in [-0.05, 0) is 56.3 Å². The molecule has 27 heavy (non-hydrogen) atoms. The number of benzene rings is 2. The lowest BCUT2D eigenvalue weighted by Crippen LogP contribution is -2.34. The zero-order chi connectivity index (χ0) is 20.2. The minimum atomic E-state index is -3.36. The van der Waals surface area contributed by atoms with Crippen molar-refractivity contribution in [3.8, 4) is 0 Å². The van der Waals surface area contributed by atoms with Crippen LogP contribution in [0.4, 0.5) is 0 Å². The number of hydrogen-bond acceptors (Lipinski definition) is 4. The summed E-state index contributed by atoms with van der Waals surface area (Å²) in [5.74, 6) is -0.268. The second kappa shape index (κ2) is 8.67. The molecule has 0 aliphatic heterocycles. The summed E-state index contributed by atoms with van der Waals surface area (Å²) in [6.07, 6.45) is 2.13. The Bertz CT molecular complexity index is 904. The Balaban J connectivity index is 2.19. The Morgan fingerprint density at radius 2 is 1.74 bits per heavy atom. The average molecular weight is 389 g/mol. The van der Waals surface area contributed by atoms with Crippen LogP contribution < -0.4 is 5.32 Å². The summed E-state index contributed by atoms with van der Waals surface area (Å²) >= 11 is 0. The van der Waals surface area contributed by atoms with Gasteiger partial charge in [-0.25, -0.2) is 8.42 Å². The third kappa shape index (κ3) is 5.40. The minimum Gasteiger partial charge on any atom is -0.350 e. The van der Waals surface area contributed by atoms with Crippen LogP contribution in [0.15, 0.2) is 47.4 Å². The molecule has 0 aliphatic rings. The quantitative estimate of drug-likeness (QED) is 0.792. The van der Waals surface area contributed by atoms with Crippen molar-refractivity contribution in [3.63, 3.8) is 0 Å². The topological polar surface area (TPSA) is 66.5 Å². The second-order valence-corrected chi connectivity index (χ2v) is 9.05. The van der Waals surface area contributed by atoms with Crippen molar-refractivity contribution >= 4 is 15.7 Å². The Morgan fingerprint density at radius 3 is 2.26 bits per heavy atom. The van der Waals surface area contributed by atoms with E-state index in [1.54, 1.807) is 13.0 Å². The summed E-state index contributed by atoms with van der Waals surface area (Å²) in [6, 6.07) is 13.0. The number of nitrogens with one attached hydrogen (secondary N) is 1. The molecule has 0 fully saturated rings. The number of nitrogens with zero attached hydrogens (tertiary/aromatic N) is 1. The Kier molecular flexibility index (Phi) is 6.78. The average Bonchev–Trinajstić information content (AvgIpc) is 2.61. The number of likely N-dealkylation sites (N-methyl/N-ethyl adjacent to an activating group) is 1. The van der Waals surface area contributed by atoms with Gasteiger partial charge < -0.3 is 10.2 Å². The standard InChI is InChI=1S/C21H28N2O3S/c1-6-16-8-10-17(11-9-16)20(23(3)4)14-22-21(24)19-13-18(27(5,25)26)12-7-15(19)2/h7-13,20H,6,14H2,1-5H3,(H,22,24). The summed E-state index contributed by atoms with van der Waals surface area (Å²) in [5, 5.41) is 2.95. The summed E-state index contributed by atoms with van der Waals surface area (Å²) in [4.78, 5) is 14.9. The Labute approximate surface area is 162 Å². The predicted octanol–water partition coefficient (Wildman–Crippen LogP) is 2.99. The number of carbonyl (C=O) groups is 1. The van der Waals surface area contributed by atoms with Crippen molar-refractivity contribution in [1.29, 1.82) is 0 Å². The van der Waals surface area contributed by atoms with Gasteiger partial charge in [0, 0.05) is 18.4 Å². The first kappa shape index (κ1) is 21.1. The first-order valence-electron chi connectivity index (χ1n) is 8.97. The Morgan fingerprint density at radius 1 is 1.11 bits per heavy atom. The molecule has 0 aromatic heterocycles. The van der Waals surface area contributed by atoms with Gasteiger partial charge in [0.2, 0.25) is 0 Å². The number of amides is 1. The highest BCUT2D eigenvalue weighted by Crippen LogP contribution is 2.20. The summed E-state index contributed by atoms with van der Waals surface area (Å²) in [7, 11) is 0.586. The zero-order valence-corrected chi connectivity index (χ0v) is 17.4. The molecule has 6 heteroatoms. The van der Waals surface area contributed by atoms with Gasteiger partial charge in [-0.2, -0.15) is 0 Å². The van der Waals surface area contributed by atoms with Crippen LogP contribution in [0.25, 0.3) is 0 Å². The fraction of sp³-hybridized carbons (Fsp3) is 0.381. The molecule has 0 saturated heterocycles. The molecular formula is C21H28N2O3S. The zero-order valence-electron chi connectivity index (χ0n) is 16.6. The summed E-state index contributed by atoms with van der Waals surface area (Å²) in [5.41, 5.74) is 3.53. The van der Waals surface area contributed by atoms with E-state index in [2.05, 4.69) is 41.4 Å². The van der Waals surface area contributed by atoms with Crippen LogP contribution in [-0.4, -0.2) is 46.1 Å². The molecule has 0 heterocycles. The monoisotopic (exact) mass is 388 g/mol. The maximum absolute atomic E-state index is 12.7. The van der Waals surface area contributed by atoms with Crippen LogP contribution in [0.3, 0.4) is 0 Å². The molecule has 1 N–H and O–H groups in total. The molecule has 0 spiro atoms. The molecule has 0 bridgehead atoms. The van der Waals surface area contributed by atoms with Crippen LogP contribution in [-0.2, 0) is 16.3 Å². The van der Waals surface area contributed by atoms with E-state index >= 15 is 0 Å². The molecule has 1 atom stereocenters. The summed E-state index contributed by atoms with van der Waals surface area (Å²) < 4.78 is 23.5. The highest BCUT2D eigenvalue weighted by molar-refractivity contribution is 7.90. The first-order chi connectivity index (χ1) is 12.6. The third-order valence-corrected chi connectivity index (χ3v) is 5.84. The van der Waals surface area contributed by atoms with Crippen LogP contribution >= 0.6 is 0 Å².